The van der Waals surface area contributed by atoms with Crippen molar-refractivity contribution >= 4 is 32.3 Å². The van der Waals surface area contributed by atoms with Crippen LogP contribution >= 0.6 is 0 Å². The SMILES string of the molecule is CC(C)(C)c1ccnc(-c2[c-]cc3c(c2)c2ccc(C(C)(C)C)cc2c2ccc(C(C)(C)C)cc32)c1.[Ir]. The van der Waals surface area contributed by atoms with Crippen LogP contribution in [0.5, 0.6) is 0 Å². The van der Waals surface area contributed by atoms with Crippen LogP contribution in [-0.4, -0.2) is 4.98 Å². The molecule has 193 valence electrons. The molecule has 5 aromatic rings. The largest absolute Gasteiger partial charge is 0.305 e. The number of rotatable bonds is 1. The summed E-state index contributed by atoms with van der Waals surface area (Å²) in [5.41, 5.74) is 6.27. The van der Waals surface area contributed by atoms with E-state index in [0.29, 0.717) is 0 Å². The van der Waals surface area contributed by atoms with Gasteiger partial charge in [-0.15, -0.1) is 23.8 Å². The third-order valence-corrected chi connectivity index (χ3v) is 7.49. The summed E-state index contributed by atoms with van der Waals surface area (Å²) in [6, 6.07) is 26.5. The van der Waals surface area contributed by atoms with Crippen LogP contribution < -0.4 is 0 Å². The van der Waals surface area contributed by atoms with E-state index < -0.39 is 0 Å². The first kappa shape index (κ1) is 27.5. The van der Waals surface area contributed by atoms with Gasteiger partial charge in [0.05, 0.1) is 0 Å². The van der Waals surface area contributed by atoms with Crippen molar-refractivity contribution < 1.29 is 20.1 Å². The number of hydrogen-bond donors (Lipinski definition) is 0. The molecule has 0 N–H and O–H groups in total. The van der Waals surface area contributed by atoms with Crippen molar-refractivity contribution in [2.45, 2.75) is 78.6 Å². The topological polar surface area (TPSA) is 12.9 Å². The van der Waals surface area contributed by atoms with Crippen molar-refractivity contribution in [3.8, 4) is 11.3 Å². The van der Waals surface area contributed by atoms with Gasteiger partial charge in [-0.1, -0.05) is 121 Å². The number of benzene rings is 4. The van der Waals surface area contributed by atoms with Crippen molar-refractivity contribution in [1.82, 2.24) is 4.98 Å². The van der Waals surface area contributed by atoms with E-state index >= 15 is 0 Å². The fraction of sp³-hybridized carbons (Fsp3) is 0.343. The van der Waals surface area contributed by atoms with Crippen molar-refractivity contribution in [3.05, 3.63) is 89.6 Å². The summed E-state index contributed by atoms with van der Waals surface area (Å²) in [5, 5.41) is 7.74. The van der Waals surface area contributed by atoms with Gasteiger partial charge in [0.1, 0.15) is 0 Å². The third-order valence-electron chi connectivity index (χ3n) is 7.49. The summed E-state index contributed by atoms with van der Waals surface area (Å²) in [6.07, 6.45) is 1.93. The van der Waals surface area contributed by atoms with Crippen LogP contribution in [0.15, 0.2) is 66.9 Å². The maximum absolute atomic E-state index is 4.73. The number of fused-ring (bicyclic) bond motifs is 6. The molecule has 0 aliphatic carbocycles. The minimum Gasteiger partial charge on any atom is -0.305 e. The molecule has 0 aliphatic heterocycles. The van der Waals surface area contributed by atoms with Gasteiger partial charge in [0.15, 0.2) is 0 Å². The average Bonchev–Trinajstić information content (AvgIpc) is 2.81. The first-order chi connectivity index (χ1) is 16.7. The molecule has 0 unspecified atom stereocenters. The summed E-state index contributed by atoms with van der Waals surface area (Å²) in [6.45, 7) is 20.5. The molecule has 0 bridgehead atoms. The number of aromatic nitrogens is 1. The molecule has 37 heavy (non-hydrogen) atoms. The molecule has 1 nitrogen and oxygen atoms in total. The molecule has 0 saturated heterocycles. The first-order valence-electron chi connectivity index (χ1n) is 13.1. The molecule has 0 atom stereocenters. The normalized spacial score (nSPS) is 12.8. The van der Waals surface area contributed by atoms with E-state index in [1.807, 2.05) is 6.20 Å². The van der Waals surface area contributed by atoms with E-state index in [4.69, 9.17) is 4.98 Å². The van der Waals surface area contributed by atoms with Crippen LogP contribution in [0.3, 0.4) is 0 Å². The van der Waals surface area contributed by atoms with Gasteiger partial charge in [-0.2, -0.15) is 0 Å². The summed E-state index contributed by atoms with van der Waals surface area (Å²) >= 11 is 0. The zero-order valence-electron chi connectivity index (χ0n) is 23.6. The second-order valence-corrected chi connectivity index (χ2v) is 13.4. The Kier molecular flexibility index (Phi) is 6.93. The molecule has 5 rings (SSSR count). The maximum Gasteiger partial charge on any atom is 0.0163 e. The Balaban J connectivity index is 0.00000320. The summed E-state index contributed by atoms with van der Waals surface area (Å²) < 4.78 is 0. The van der Waals surface area contributed by atoms with Crippen LogP contribution in [0, 0.1) is 6.07 Å². The van der Waals surface area contributed by atoms with Crippen LogP contribution in [0.2, 0.25) is 0 Å². The van der Waals surface area contributed by atoms with E-state index in [1.165, 1.54) is 49.0 Å². The zero-order chi connectivity index (χ0) is 26.0. The Labute approximate surface area is 236 Å². The third kappa shape index (κ3) is 5.12. The zero-order valence-corrected chi connectivity index (χ0v) is 26.0. The number of nitrogens with zero attached hydrogens (tertiary/aromatic N) is 1. The summed E-state index contributed by atoms with van der Waals surface area (Å²) in [7, 11) is 0. The second-order valence-electron chi connectivity index (χ2n) is 13.4. The maximum atomic E-state index is 4.73. The van der Waals surface area contributed by atoms with E-state index in [-0.39, 0.29) is 36.4 Å². The van der Waals surface area contributed by atoms with E-state index in [9.17, 15) is 0 Å². The molecular formula is C35H38IrN-. The monoisotopic (exact) mass is 665 g/mol. The molecule has 0 aliphatic rings. The van der Waals surface area contributed by atoms with Gasteiger partial charge < -0.3 is 4.98 Å². The Hall–Kier alpha value is -2.54. The molecule has 1 radical (unpaired) electrons. The molecular weight excluding hydrogens is 627 g/mol. The van der Waals surface area contributed by atoms with Gasteiger partial charge in [-0.3, -0.25) is 0 Å². The van der Waals surface area contributed by atoms with Gasteiger partial charge in [0.2, 0.25) is 0 Å². The Morgan fingerprint density at radius 2 is 0.973 bits per heavy atom. The van der Waals surface area contributed by atoms with Gasteiger partial charge in [0, 0.05) is 26.3 Å². The van der Waals surface area contributed by atoms with Crippen molar-refractivity contribution in [2.75, 3.05) is 0 Å². The Morgan fingerprint density at radius 3 is 1.49 bits per heavy atom. The van der Waals surface area contributed by atoms with E-state index in [0.717, 1.165) is 11.3 Å². The van der Waals surface area contributed by atoms with Crippen molar-refractivity contribution in [1.29, 1.82) is 0 Å². The summed E-state index contributed by atoms with van der Waals surface area (Å²) in [5.74, 6) is 0. The predicted octanol–water partition coefficient (Wildman–Crippen LogP) is 9.90. The van der Waals surface area contributed by atoms with Crippen LogP contribution in [0.4, 0.5) is 0 Å². The van der Waals surface area contributed by atoms with E-state index in [1.54, 1.807) is 0 Å². The van der Waals surface area contributed by atoms with Crippen LogP contribution in [-0.2, 0) is 36.4 Å². The fourth-order valence-corrected chi connectivity index (χ4v) is 5.07. The predicted molar refractivity (Wildman–Crippen MR) is 157 cm³/mol. The Morgan fingerprint density at radius 1 is 0.514 bits per heavy atom. The molecule has 2 heteroatoms. The molecule has 0 fully saturated rings. The molecule has 1 aromatic heterocycles. The minimum atomic E-state index is 0. The fourth-order valence-electron chi connectivity index (χ4n) is 5.07. The quantitative estimate of drug-likeness (QED) is 0.128. The standard InChI is InChI=1S/C35H38N.Ir/c1-33(2,3)23-11-14-27-29-18-22(32-21-25(16-17-36-32)35(7,8)9)10-13-26(29)30-19-24(34(4,5)6)12-15-28(30)31(27)20-23;/h11-21H,1-9H3;/q-1;. The molecule has 4 aromatic carbocycles. The van der Waals surface area contributed by atoms with Gasteiger partial charge in [-0.05, 0) is 60.9 Å². The van der Waals surface area contributed by atoms with Gasteiger partial charge in [0.25, 0.3) is 0 Å². The summed E-state index contributed by atoms with van der Waals surface area (Å²) in [4.78, 5) is 4.73. The molecule has 0 spiro atoms. The Bertz CT molecular complexity index is 1570. The van der Waals surface area contributed by atoms with Gasteiger partial charge in [-0.25, -0.2) is 0 Å². The number of hydrogen-bond acceptors (Lipinski definition) is 1. The first-order valence-corrected chi connectivity index (χ1v) is 13.1. The molecule has 0 saturated carbocycles. The number of pyridine rings is 1. The van der Waals surface area contributed by atoms with E-state index in [2.05, 4.69) is 129 Å². The molecule has 0 amide bonds. The second kappa shape index (κ2) is 9.33. The van der Waals surface area contributed by atoms with Crippen LogP contribution in [0.25, 0.3) is 43.6 Å². The average molecular weight is 665 g/mol. The van der Waals surface area contributed by atoms with Crippen molar-refractivity contribution in [2.24, 2.45) is 0 Å². The van der Waals surface area contributed by atoms with Crippen molar-refractivity contribution in [3.63, 3.8) is 0 Å². The molecule has 1 heterocycles. The van der Waals surface area contributed by atoms with Crippen LogP contribution in [0.1, 0.15) is 79.0 Å². The smallest absolute Gasteiger partial charge is 0.0163 e. The minimum absolute atomic E-state index is 0. The van der Waals surface area contributed by atoms with Gasteiger partial charge >= 0.3 is 0 Å².